The third-order valence-corrected chi connectivity index (χ3v) is 8.23. The Morgan fingerprint density at radius 2 is 1.72 bits per heavy atom. The normalized spacial score (nSPS) is 13.6. The third kappa shape index (κ3) is 6.32. The summed E-state index contributed by atoms with van der Waals surface area (Å²) < 4.78 is 32.4. The zero-order chi connectivity index (χ0) is 32.3. The Bertz CT molecular complexity index is 1860. The van der Waals surface area contributed by atoms with Crippen LogP contribution in [0.25, 0.3) is 11.3 Å². The third-order valence-electron chi connectivity index (χ3n) is 8.23. The Labute approximate surface area is 265 Å². The molecule has 5 aromatic rings. The number of aromatic hydroxyl groups is 1. The van der Waals surface area contributed by atoms with E-state index in [0.29, 0.717) is 41.0 Å². The number of carbonyl (C=O) groups is 2. The zero-order valence-corrected chi connectivity index (χ0v) is 25.1. The number of nitrogens with one attached hydrogen (secondary N) is 3. The Morgan fingerprint density at radius 3 is 2.46 bits per heavy atom. The molecule has 6 rings (SSSR count). The molecule has 1 aliphatic heterocycles. The number of alkyl halides is 2. The van der Waals surface area contributed by atoms with Crippen LogP contribution in [-0.2, 0) is 12.3 Å². The van der Waals surface area contributed by atoms with Gasteiger partial charge in [-0.2, -0.15) is 8.78 Å². The first-order chi connectivity index (χ1) is 22.2. The highest BCUT2D eigenvalue weighted by molar-refractivity contribution is 6.06. The average molecular weight is 622 g/mol. The van der Waals surface area contributed by atoms with Crippen molar-refractivity contribution < 1.29 is 23.5 Å². The molecule has 4 N–H and O–H groups in total. The average Bonchev–Trinajstić information content (AvgIpc) is 3.44. The summed E-state index contributed by atoms with van der Waals surface area (Å²) in [5, 5.41) is 16.1. The van der Waals surface area contributed by atoms with Gasteiger partial charge in [-0.3, -0.25) is 14.6 Å². The van der Waals surface area contributed by atoms with Crippen molar-refractivity contribution in [2.45, 2.75) is 24.7 Å². The molecule has 46 heavy (non-hydrogen) atoms. The highest BCUT2D eigenvalue weighted by Gasteiger charge is 2.38. The molecule has 0 fully saturated rings. The summed E-state index contributed by atoms with van der Waals surface area (Å²) in [5.41, 5.74) is 3.74. The molecule has 0 radical (unpaired) electrons. The van der Waals surface area contributed by atoms with E-state index in [9.17, 15) is 14.7 Å². The van der Waals surface area contributed by atoms with Crippen LogP contribution in [0.5, 0.6) is 5.75 Å². The maximum absolute atomic E-state index is 16.2. The molecule has 234 valence electrons. The maximum Gasteiger partial charge on any atom is 0.290 e. The number of amides is 2. The van der Waals surface area contributed by atoms with E-state index in [1.807, 2.05) is 30.3 Å². The van der Waals surface area contributed by atoms with Gasteiger partial charge in [0.1, 0.15) is 11.4 Å². The van der Waals surface area contributed by atoms with Gasteiger partial charge in [0.25, 0.3) is 17.7 Å². The molecule has 8 nitrogen and oxygen atoms in total. The summed E-state index contributed by atoms with van der Waals surface area (Å²) in [7, 11) is 1.74. The lowest BCUT2D eigenvalue weighted by molar-refractivity contribution is -0.0245. The van der Waals surface area contributed by atoms with Gasteiger partial charge in [-0.25, -0.2) is 0 Å². The summed E-state index contributed by atoms with van der Waals surface area (Å²) in [4.78, 5) is 35.1. The van der Waals surface area contributed by atoms with Gasteiger partial charge in [-0.15, -0.1) is 0 Å². The lowest BCUT2D eigenvalue weighted by Crippen LogP contribution is -2.34. The van der Waals surface area contributed by atoms with Crippen molar-refractivity contribution in [3.05, 3.63) is 131 Å². The number of aromatic nitrogens is 2. The van der Waals surface area contributed by atoms with E-state index >= 15 is 8.78 Å². The maximum atomic E-state index is 16.2. The summed E-state index contributed by atoms with van der Waals surface area (Å²) in [5.74, 6) is -5.05. The highest BCUT2D eigenvalue weighted by atomic mass is 19.3. The molecule has 0 spiro atoms. The number of hydrogen-bond donors (Lipinski definition) is 4. The van der Waals surface area contributed by atoms with Gasteiger partial charge in [-0.05, 0) is 42.0 Å². The Morgan fingerprint density at radius 1 is 1.02 bits per heavy atom. The Kier molecular flexibility index (Phi) is 8.52. The predicted molar refractivity (Wildman–Crippen MR) is 173 cm³/mol. The number of rotatable bonds is 10. The summed E-state index contributed by atoms with van der Waals surface area (Å²) in [6.07, 6.45) is 1.31. The number of aromatic amines is 1. The van der Waals surface area contributed by atoms with E-state index in [0.717, 1.165) is 11.4 Å². The van der Waals surface area contributed by atoms with Crippen molar-refractivity contribution >= 4 is 23.2 Å². The van der Waals surface area contributed by atoms with E-state index in [4.69, 9.17) is 0 Å². The molecule has 0 aliphatic carbocycles. The van der Waals surface area contributed by atoms with Crippen LogP contribution >= 0.6 is 0 Å². The number of para-hydroxylation sites is 2. The zero-order valence-electron chi connectivity index (χ0n) is 25.1. The molecular formula is C36H33F2N5O3. The molecule has 2 aromatic heterocycles. The van der Waals surface area contributed by atoms with E-state index < -0.39 is 29.9 Å². The second kappa shape index (κ2) is 12.8. The molecule has 3 aromatic carbocycles. The number of halogens is 2. The summed E-state index contributed by atoms with van der Waals surface area (Å²) >= 11 is 0. The fraction of sp³-hybridized carbons (Fsp3) is 0.194. The summed E-state index contributed by atoms with van der Waals surface area (Å²) in [6, 6.07) is 27.2. The van der Waals surface area contributed by atoms with Crippen molar-refractivity contribution in [1.29, 1.82) is 0 Å². The number of benzene rings is 3. The standard InChI is InChI=1S/C36H33F2N5O3/c1-43-19-17-28-31(35(43)46)33(41-26-12-6-3-7-13-26)32(42-28)24-16-18-39-30(20-24)36(37,38)21-25(23-10-4-2-5-11-23)22-40-34(45)27-14-8-9-15-29(27)44/h2-16,18,20,25,41-42,44H,17,19,21-22H2,1H3,(H,40,45)/t25-/m1/s1. The minimum absolute atomic E-state index is 0.0636. The van der Waals surface area contributed by atoms with Crippen LogP contribution in [0.2, 0.25) is 0 Å². The number of fused-ring (bicyclic) bond motifs is 1. The molecule has 0 bridgehead atoms. The Hall–Kier alpha value is -5.51. The SMILES string of the molecule is CN1CCc2[nH]c(-c3ccnc(C(F)(F)C[C@H](CNC(=O)c4ccccc4O)c4ccccc4)c3)c(Nc3ccccc3)c2C1=O. The molecule has 0 saturated carbocycles. The first-order valence-corrected chi connectivity index (χ1v) is 15.0. The molecule has 1 aliphatic rings. The fourth-order valence-corrected chi connectivity index (χ4v) is 5.76. The van der Waals surface area contributed by atoms with Crippen LogP contribution in [0.1, 0.15) is 50.0 Å². The molecule has 10 heteroatoms. The topological polar surface area (TPSA) is 110 Å². The monoisotopic (exact) mass is 621 g/mol. The van der Waals surface area contributed by atoms with Crippen molar-refractivity contribution in [2.75, 3.05) is 25.5 Å². The number of phenolic OH excluding ortho intramolecular Hbond substituents is 1. The van der Waals surface area contributed by atoms with E-state index in [-0.39, 0.29) is 23.8 Å². The van der Waals surface area contributed by atoms with E-state index in [2.05, 4.69) is 20.6 Å². The summed E-state index contributed by atoms with van der Waals surface area (Å²) in [6.45, 7) is 0.452. The lowest BCUT2D eigenvalue weighted by Gasteiger charge is -2.24. The molecule has 3 heterocycles. The van der Waals surface area contributed by atoms with Gasteiger partial charge in [0.05, 0.1) is 22.5 Å². The smallest absolute Gasteiger partial charge is 0.290 e. The number of anilines is 2. The van der Waals surface area contributed by atoms with Gasteiger partial charge >= 0.3 is 0 Å². The molecule has 2 amide bonds. The molecule has 0 saturated heterocycles. The number of pyridine rings is 1. The minimum atomic E-state index is -3.38. The highest BCUT2D eigenvalue weighted by Crippen LogP contribution is 2.41. The number of nitrogens with zero attached hydrogens (tertiary/aromatic N) is 2. The van der Waals surface area contributed by atoms with Crippen molar-refractivity contribution in [2.24, 2.45) is 0 Å². The Balaban J connectivity index is 1.31. The van der Waals surface area contributed by atoms with Crippen LogP contribution in [0.3, 0.4) is 0 Å². The van der Waals surface area contributed by atoms with Crippen molar-refractivity contribution in [3.8, 4) is 17.0 Å². The van der Waals surface area contributed by atoms with Crippen LogP contribution in [0, 0.1) is 0 Å². The van der Waals surface area contributed by atoms with Crippen molar-refractivity contribution in [1.82, 2.24) is 20.2 Å². The lowest BCUT2D eigenvalue weighted by atomic mass is 9.90. The number of likely N-dealkylation sites (N-methyl/N-ethyl adjacent to an activating group) is 1. The van der Waals surface area contributed by atoms with Crippen LogP contribution in [0.15, 0.2) is 103 Å². The van der Waals surface area contributed by atoms with E-state index in [1.165, 1.54) is 24.4 Å². The van der Waals surface area contributed by atoms with Crippen LogP contribution < -0.4 is 10.6 Å². The predicted octanol–water partition coefficient (Wildman–Crippen LogP) is 6.85. The molecule has 1 atom stereocenters. The minimum Gasteiger partial charge on any atom is -0.507 e. The largest absolute Gasteiger partial charge is 0.507 e. The van der Waals surface area contributed by atoms with Crippen molar-refractivity contribution in [3.63, 3.8) is 0 Å². The van der Waals surface area contributed by atoms with Gasteiger partial charge in [0.15, 0.2) is 0 Å². The van der Waals surface area contributed by atoms with Crippen LogP contribution in [-0.4, -0.2) is 51.9 Å². The fourth-order valence-electron chi connectivity index (χ4n) is 5.76. The van der Waals surface area contributed by atoms with E-state index in [1.54, 1.807) is 60.5 Å². The van der Waals surface area contributed by atoms with Gasteiger partial charge in [0, 0.05) is 62.0 Å². The second-order valence-corrected chi connectivity index (χ2v) is 11.4. The van der Waals surface area contributed by atoms with Gasteiger partial charge < -0.3 is 25.6 Å². The number of hydrogen-bond acceptors (Lipinski definition) is 5. The van der Waals surface area contributed by atoms with Gasteiger partial charge in [0.2, 0.25) is 0 Å². The van der Waals surface area contributed by atoms with Gasteiger partial charge in [-0.1, -0.05) is 60.7 Å². The molecular weight excluding hydrogens is 588 g/mol. The number of H-pyrrole nitrogens is 1. The first-order valence-electron chi connectivity index (χ1n) is 15.0. The first kappa shape index (κ1) is 30.5. The quantitative estimate of drug-likeness (QED) is 0.136. The second-order valence-electron chi connectivity index (χ2n) is 11.4. The number of phenols is 1. The molecule has 0 unspecified atom stereocenters. The van der Waals surface area contributed by atoms with Crippen LogP contribution in [0.4, 0.5) is 20.2 Å². The number of carbonyl (C=O) groups excluding carboxylic acids is 2.